The Morgan fingerprint density at radius 1 is 1.61 bits per heavy atom. The Morgan fingerprint density at radius 3 is 2.67 bits per heavy atom. The van der Waals surface area contributed by atoms with Crippen LogP contribution in [0.2, 0.25) is 0 Å². The maximum absolute atomic E-state index is 13.8. The molecule has 98 valence electrons. The van der Waals surface area contributed by atoms with E-state index in [1.807, 2.05) is 0 Å². The lowest BCUT2D eigenvalue weighted by atomic mass is 9.77. The number of aliphatic hydroxyl groups is 1. The van der Waals surface area contributed by atoms with Crippen LogP contribution >= 0.6 is 0 Å². The van der Waals surface area contributed by atoms with Crippen molar-refractivity contribution in [3.63, 3.8) is 0 Å². The smallest absolute Gasteiger partial charge is 0.269 e. The molecule has 2 rings (SSSR count). The summed E-state index contributed by atoms with van der Waals surface area (Å²) in [6, 6.07) is 3.31. The SMILES string of the molecule is C[C@@](N)(c1cc([N+](=O)[O-])ccc1F)C1(CO)CC1. The Kier molecular flexibility index (Phi) is 2.87. The number of aliphatic hydroxyl groups excluding tert-OH is 1. The van der Waals surface area contributed by atoms with Crippen LogP contribution < -0.4 is 5.73 Å². The second kappa shape index (κ2) is 4.00. The van der Waals surface area contributed by atoms with Gasteiger partial charge >= 0.3 is 0 Å². The van der Waals surface area contributed by atoms with Crippen LogP contribution in [-0.2, 0) is 5.54 Å². The fourth-order valence-corrected chi connectivity index (χ4v) is 2.30. The van der Waals surface area contributed by atoms with Crippen LogP contribution in [-0.4, -0.2) is 16.6 Å². The highest BCUT2D eigenvalue weighted by molar-refractivity contribution is 5.40. The number of hydrogen-bond donors (Lipinski definition) is 2. The highest BCUT2D eigenvalue weighted by atomic mass is 19.1. The van der Waals surface area contributed by atoms with Crippen molar-refractivity contribution in [3.05, 3.63) is 39.7 Å². The fourth-order valence-electron chi connectivity index (χ4n) is 2.30. The van der Waals surface area contributed by atoms with Crippen LogP contribution in [0, 0.1) is 21.3 Å². The zero-order valence-corrected chi connectivity index (χ0v) is 10.0. The molecule has 0 bridgehead atoms. The molecule has 1 aromatic rings. The summed E-state index contributed by atoms with van der Waals surface area (Å²) in [5.41, 5.74) is 4.35. The van der Waals surface area contributed by atoms with Crippen molar-refractivity contribution in [1.29, 1.82) is 0 Å². The predicted octanol–water partition coefficient (Wildman–Crippen LogP) is 1.68. The van der Waals surface area contributed by atoms with Crippen molar-refractivity contribution in [1.82, 2.24) is 0 Å². The predicted molar refractivity (Wildman–Crippen MR) is 63.3 cm³/mol. The number of nitrogens with zero attached hydrogens (tertiary/aromatic N) is 1. The molecule has 0 aliphatic heterocycles. The first kappa shape index (κ1) is 12.9. The van der Waals surface area contributed by atoms with Crippen LogP contribution in [0.5, 0.6) is 0 Å². The largest absolute Gasteiger partial charge is 0.396 e. The van der Waals surface area contributed by atoms with Crippen LogP contribution in [0.3, 0.4) is 0 Å². The third-order valence-corrected chi connectivity index (χ3v) is 3.98. The number of rotatable bonds is 4. The summed E-state index contributed by atoms with van der Waals surface area (Å²) < 4.78 is 13.8. The first-order valence-corrected chi connectivity index (χ1v) is 5.68. The van der Waals surface area contributed by atoms with Crippen molar-refractivity contribution in [3.8, 4) is 0 Å². The van der Waals surface area contributed by atoms with Crippen LogP contribution in [0.4, 0.5) is 10.1 Å². The van der Waals surface area contributed by atoms with Crippen molar-refractivity contribution in [2.75, 3.05) is 6.61 Å². The van der Waals surface area contributed by atoms with E-state index in [0.29, 0.717) is 12.8 Å². The molecule has 0 unspecified atom stereocenters. The summed E-state index contributed by atoms with van der Waals surface area (Å²) in [6.45, 7) is 1.46. The highest BCUT2D eigenvalue weighted by Crippen LogP contribution is 2.57. The molecule has 6 heteroatoms. The van der Waals surface area contributed by atoms with E-state index in [2.05, 4.69) is 0 Å². The molecule has 1 fully saturated rings. The Labute approximate surface area is 104 Å². The second-order valence-electron chi connectivity index (χ2n) is 5.06. The van der Waals surface area contributed by atoms with Crippen LogP contribution in [0.15, 0.2) is 18.2 Å². The number of nitro groups is 1. The van der Waals surface area contributed by atoms with E-state index in [0.717, 1.165) is 18.2 Å². The summed E-state index contributed by atoms with van der Waals surface area (Å²) in [4.78, 5) is 10.1. The van der Waals surface area contributed by atoms with E-state index in [1.54, 1.807) is 6.92 Å². The average Bonchev–Trinajstić information content (AvgIpc) is 3.10. The van der Waals surface area contributed by atoms with Gasteiger partial charge in [-0.15, -0.1) is 0 Å². The average molecular weight is 254 g/mol. The number of nitro benzene ring substituents is 1. The Morgan fingerprint density at radius 2 is 2.22 bits per heavy atom. The lowest BCUT2D eigenvalue weighted by Crippen LogP contribution is -2.45. The van der Waals surface area contributed by atoms with Crippen molar-refractivity contribution in [2.45, 2.75) is 25.3 Å². The minimum atomic E-state index is -1.11. The first-order valence-electron chi connectivity index (χ1n) is 5.68. The maximum Gasteiger partial charge on any atom is 0.269 e. The summed E-state index contributed by atoms with van der Waals surface area (Å²) in [7, 11) is 0. The van der Waals surface area contributed by atoms with E-state index in [9.17, 15) is 19.6 Å². The topological polar surface area (TPSA) is 89.4 Å². The summed E-state index contributed by atoms with van der Waals surface area (Å²) in [5, 5.41) is 20.1. The van der Waals surface area contributed by atoms with Gasteiger partial charge in [0.1, 0.15) is 5.82 Å². The molecule has 1 aliphatic carbocycles. The molecule has 0 amide bonds. The lowest BCUT2D eigenvalue weighted by molar-refractivity contribution is -0.385. The molecule has 0 heterocycles. The van der Waals surface area contributed by atoms with E-state index >= 15 is 0 Å². The summed E-state index contributed by atoms with van der Waals surface area (Å²) in [5.74, 6) is -0.578. The molecular weight excluding hydrogens is 239 g/mol. The van der Waals surface area contributed by atoms with E-state index in [-0.39, 0.29) is 17.9 Å². The summed E-state index contributed by atoms with van der Waals surface area (Å²) in [6.07, 6.45) is 1.39. The zero-order chi connectivity index (χ0) is 13.6. The molecular formula is C12H15FN2O3. The Balaban J connectivity index is 2.50. The third-order valence-electron chi connectivity index (χ3n) is 3.98. The Bertz CT molecular complexity index is 498. The highest BCUT2D eigenvalue weighted by Gasteiger charge is 2.56. The lowest BCUT2D eigenvalue weighted by Gasteiger charge is -2.34. The molecule has 1 aliphatic rings. The molecule has 1 saturated carbocycles. The summed E-state index contributed by atoms with van der Waals surface area (Å²) >= 11 is 0. The minimum absolute atomic E-state index is 0.0863. The zero-order valence-electron chi connectivity index (χ0n) is 10.0. The first-order chi connectivity index (χ1) is 8.34. The third kappa shape index (κ3) is 1.77. The van der Waals surface area contributed by atoms with Gasteiger partial charge < -0.3 is 10.8 Å². The van der Waals surface area contributed by atoms with E-state index < -0.39 is 21.7 Å². The molecule has 0 radical (unpaired) electrons. The van der Waals surface area contributed by atoms with Crippen LogP contribution in [0.25, 0.3) is 0 Å². The van der Waals surface area contributed by atoms with Gasteiger partial charge in [-0.05, 0) is 25.8 Å². The molecule has 0 aromatic heterocycles. The second-order valence-corrected chi connectivity index (χ2v) is 5.06. The normalized spacial score (nSPS) is 20.2. The minimum Gasteiger partial charge on any atom is -0.396 e. The maximum atomic E-state index is 13.8. The van der Waals surface area contributed by atoms with Gasteiger partial charge in [-0.2, -0.15) is 0 Å². The molecule has 0 saturated heterocycles. The number of halogens is 1. The van der Waals surface area contributed by atoms with Crippen molar-refractivity contribution < 1.29 is 14.4 Å². The van der Waals surface area contributed by atoms with Crippen LogP contribution in [0.1, 0.15) is 25.3 Å². The number of hydrogen-bond acceptors (Lipinski definition) is 4. The van der Waals surface area contributed by atoms with E-state index in [4.69, 9.17) is 5.73 Å². The van der Waals surface area contributed by atoms with E-state index in [1.165, 1.54) is 0 Å². The molecule has 0 spiro atoms. The standard InChI is InChI=1S/C12H15FN2O3/c1-11(14,12(7-16)4-5-12)9-6-8(15(17)18)2-3-10(9)13/h2-3,6,16H,4-5,7,14H2,1H3/t11-/m1/s1. The van der Waals surface area contributed by atoms with Gasteiger partial charge in [-0.25, -0.2) is 4.39 Å². The molecule has 1 atom stereocenters. The number of non-ortho nitro benzene ring substituents is 1. The van der Waals surface area contributed by atoms with Gasteiger partial charge in [0.25, 0.3) is 5.69 Å². The number of benzene rings is 1. The fraction of sp³-hybridized carbons (Fsp3) is 0.500. The molecule has 3 N–H and O–H groups in total. The number of nitrogens with two attached hydrogens (primary N) is 1. The van der Waals surface area contributed by atoms with Gasteiger partial charge in [-0.3, -0.25) is 10.1 Å². The van der Waals surface area contributed by atoms with Crippen molar-refractivity contribution >= 4 is 5.69 Å². The monoisotopic (exact) mass is 254 g/mol. The quantitative estimate of drug-likeness (QED) is 0.632. The molecule has 18 heavy (non-hydrogen) atoms. The molecule has 1 aromatic carbocycles. The van der Waals surface area contributed by atoms with Gasteiger partial charge in [0.15, 0.2) is 0 Å². The molecule has 5 nitrogen and oxygen atoms in total. The van der Waals surface area contributed by atoms with Gasteiger partial charge in [0, 0.05) is 28.7 Å². The van der Waals surface area contributed by atoms with Gasteiger partial charge in [-0.1, -0.05) is 0 Å². The van der Waals surface area contributed by atoms with Gasteiger partial charge in [0.2, 0.25) is 0 Å². The van der Waals surface area contributed by atoms with Crippen molar-refractivity contribution in [2.24, 2.45) is 11.1 Å². The Hall–Kier alpha value is -1.53. The van der Waals surface area contributed by atoms with Gasteiger partial charge in [0.05, 0.1) is 11.5 Å².